The fourth-order valence-corrected chi connectivity index (χ4v) is 7.60. The third-order valence-corrected chi connectivity index (χ3v) is 9.20. The molecule has 1 aromatic heterocycles. The van der Waals surface area contributed by atoms with Gasteiger partial charge in [-0.25, -0.2) is 0 Å². The SMILES string of the molecule is CCc1c(/C=C/C=C/C=C/C=C2\Sc3ccc4ccccc4c3N2CC)sc2ccc3ccccc3c12. The first-order valence-corrected chi connectivity index (χ1v) is 14.5. The van der Waals surface area contributed by atoms with E-state index in [1.54, 1.807) is 0 Å². The van der Waals surface area contributed by atoms with Gasteiger partial charge in [0.05, 0.1) is 10.7 Å². The molecule has 0 saturated carbocycles. The second-order valence-corrected chi connectivity index (χ2v) is 11.2. The van der Waals surface area contributed by atoms with Crippen LogP contribution in [0.1, 0.15) is 24.3 Å². The van der Waals surface area contributed by atoms with E-state index in [0.717, 1.165) is 13.0 Å². The molecule has 0 fully saturated rings. The molecular weight excluding hydrogens is 487 g/mol. The minimum Gasteiger partial charge on any atom is -0.335 e. The van der Waals surface area contributed by atoms with Gasteiger partial charge in [0, 0.05) is 31.8 Å². The molecule has 0 atom stereocenters. The summed E-state index contributed by atoms with van der Waals surface area (Å²) in [7, 11) is 0. The second-order valence-electron chi connectivity index (χ2n) is 9.07. The normalized spacial score (nSPS) is 15.1. The maximum Gasteiger partial charge on any atom is 0.0801 e. The van der Waals surface area contributed by atoms with Crippen molar-refractivity contribution in [1.29, 1.82) is 0 Å². The lowest BCUT2D eigenvalue weighted by Crippen LogP contribution is -2.16. The summed E-state index contributed by atoms with van der Waals surface area (Å²) in [5, 5.41) is 8.00. The Morgan fingerprint density at radius 2 is 1.43 bits per heavy atom. The van der Waals surface area contributed by atoms with Crippen LogP contribution in [-0.4, -0.2) is 6.54 Å². The molecule has 1 aliphatic rings. The summed E-state index contributed by atoms with van der Waals surface area (Å²) in [5.74, 6) is 0. The standard InChI is InChI=1S/C34H29NS2/c1-3-26-29(36-30-22-20-24-14-10-12-16-27(24)33(26)30)18-8-6-5-7-9-19-32-35(4-2)34-28-17-13-11-15-25(28)21-23-31(34)37-32/h5-23H,3-4H2,1-2H3/b6-5+,9-7+,18-8+,32-19-. The van der Waals surface area contributed by atoms with Gasteiger partial charge in [-0.1, -0.05) is 110 Å². The summed E-state index contributed by atoms with van der Waals surface area (Å²) in [6, 6.07) is 26.4. The Bertz CT molecular complexity index is 1730. The summed E-state index contributed by atoms with van der Waals surface area (Å²) < 4.78 is 1.37. The highest BCUT2D eigenvalue weighted by Gasteiger charge is 2.25. The predicted octanol–water partition coefficient (Wildman–Crippen LogP) is 10.4. The molecule has 0 saturated heterocycles. The summed E-state index contributed by atoms with van der Waals surface area (Å²) >= 11 is 3.74. The zero-order valence-corrected chi connectivity index (χ0v) is 22.8. The van der Waals surface area contributed by atoms with Crippen LogP contribution < -0.4 is 4.90 Å². The Morgan fingerprint density at radius 3 is 2.24 bits per heavy atom. The number of fused-ring (bicyclic) bond motifs is 6. The van der Waals surface area contributed by atoms with Gasteiger partial charge in [-0.05, 0) is 59.4 Å². The van der Waals surface area contributed by atoms with Crippen LogP contribution in [0.25, 0.3) is 37.7 Å². The second kappa shape index (κ2) is 10.5. The van der Waals surface area contributed by atoms with Crippen molar-refractivity contribution >= 4 is 66.5 Å². The zero-order valence-electron chi connectivity index (χ0n) is 21.1. The van der Waals surface area contributed by atoms with E-state index in [9.17, 15) is 0 Å². The number of allylic oxidation sites excluding steroid dienone is 6. The number of thioether (sulfide) groups is 1. The molecular formula is C34H29NS2. The highest BCUT2D eigenvalue weighted by atomic mass is 32.2. The van der Waals surface area contributed by atoms with Crippen LogP contribution in [0.4, 0.5) is 5.69 Å². The van der Waals surface area contributed by atoms with Gasteiger partial charge in [0.15, 0.2) is 0 Å². The first kappa shape index (κ1) is 23.8. The van der Waals surface area contributed by atoms with E-state index >= 15 is 0 Å². The predicted molar refractivity (Wildman–Crippen MR) is 167 cm³/mol. The van der Waals surface area contributed by atoms with E-state index in [2.05, 4.69) is 134 Å². The van der Waals surface area contributed by atoms with Crippen LogP contribution in [0.15, 0.2) is 119 Å². The van der Waals surface area contributed by atoms with Crippen molar-refractivity contribution < 1.29 is 0 Å². The molecule has 0 unspecified atom stereocenters. The van der Waals surface area contributed by atoms with Gasteiger partial charge in [0.1, 0.15) is 0 Å². The summed E-state index contributed by atoms with van der Waals surface area (Å²) in [5.41, 5.74) is 2.79. The van der Waals surface area contributed by atoms with E-state index in [4.69, 9.17) is 0 Å². The largest absolute Gasteiger partial charge is 0.335 e. The molecule has 0 bridgehead atoms. The van der Waals surface area contributed by atoms with Gasteiger partial charge >= 0.3 is 0 Å². The molecule has 3 heteroatoms. The molecule has 5 aromatic rings. The van der Waals surface area contributed by atoms with E-state index < -0.39 is 0 Å². The minimum absolute atomic E-state index is 0.955. The number of aryl methyl sites for hydroxylation is 1. The first-order chi connectivity index (χ1) is 18.3. The van der Waals surface area contributed by atoms with Gasteiger partial charge in [0.2, 0.25) is 0 Å². The zero-order chi connectivity index (χ0) is 25.2. The van der Waals surface area contributed by atoms with Gasteiger partial charge in [-0.3, -0.25) is 0 Å². The van der Waals surface area contributed by atoms with E-state index in [0.29, 0.717) is 0 Å². The molecule has 1 nitrogen and oxygen atoms in total. The molecule has 2 heterocycles. The van der Waals surface area contributed by atoms with Crippen molar-refractivity contribution in [2.24, 2.45) is 0 Å². The summed E-state index contributed by atoms with van der Waals surface area (Å²) in [6.07, 6.45) is 16.2. The molecule has 0 spiro atoms. The van der Waals surface area contributed by atoms with E-state index in [1.165, 1.54) is 57.7 Å². The average Bonchev–Trinajstić information content (AvgIpc) is 3.50. The maximum absolute atomic E-state index is 2.42. The lowest BCUT2D eigenvalue weighted by atomic mass is 10.0. The van der Waals surface area contributed by atoms with Gasteiger partial charge in [-0.2, -0.15) is 0 Å². The van der Waals surface area contributed by atoms with Gasteiger partial charge in [-0.15, -0.1) is 11.3 Å². The van der Waals surface area contributed by atoms with Crippen molar-refractivity contribution in [1.82, 2.24) is 0 Å². The lowest BCUT2D eigenvalue weighted by Gasteiger charge is -2.19. The van der Waals surface area contributed by atoms with Crippen molar-refractivity contribution in [2.75, 3.05) is 11.4 Å². The van der Waals surface area contributed by atoms with Crippen LogP contribution in [0.5, 0.6) is 0 Å². The Balaban J connectivity index is 1.19. The number of anilines is 1. The topological polar surface area (TPSA) is 3.24 Å². The number of nitrogens with zero attached hydrogens (tertiary/aromatic N) is 1. The van der Waals surface area contributed by atoms with Crippen LogP contribution in [0, 0.1) is 0 Å². The number of hydrogen-bond donors (Lipinski definition) is 0. The molecule has 0 N–H and O–H groups in total. The Labute approximate surface area is 227 Å². The number of thiophene rings is 1. The molecule has 37 heavy (non-hydrogen) atoms. The Kier molecular flexibility index (Phi) is 6.73. The third kappa shape index (κ3) is 4.43. The van der Waals surface area contributed by atoms with Gasteiger partial charge in [0.25, 0.3) is 0 Å². The van der Waals surface area contributed by atoms with Crippen LogP contribution in [-0.2, 0) is 6.42 Å². The van der Waals surface area contributed by atoms with Gasteiger partial charge < -0.3 is 4.90 Å². The van der Waals surface area contributed by atoms with Crippen LogP contribution in [0.3, 0.4) is 0 Å². The minimum atomic E-state index is 0.955. The molecule has 1 aliphatic heterocycles. The smallest absolute Gasteiger partial charge is 0.0801 e. The van der Waals surface area contributed by atoms with Crippen molar-refractivity contribution in [3.05, 3.63) is 125 Å². The summed E-state index contributed by atoms with van der Waals surface area (Å²) in [6.45, 7) is 5.44. The number of rotatable bonds is 6. The highest BCUT2D eigenvalue weighted by molar-refractivity contribution is 8.03. The fraction of sp³-hybridized carbons (Fsp3) is 0.118. The monoisotopic (exact) mass is 515 g/mol. The highest BCUT2D eigenvalue weighted by Crippen LogP contribution is 2.49. The average molecular weight is 516 g/mol. The van der Waals surface area contributed by atoms with Crippen molar-refractivity contribution in [3.63, 3.8) is 0 Å². The van der Waals surface area contributed by atoms with Crippen LogP contribution in [0.2, 0.25) is 0 Å². The third-order valence-electron chi connectivity index (χ3n) is 6.92. The molecule has 0 aliphatic carbocycles. The van der Waals surface area contributed by atoms with E-state index in [-0.39, 0.29) is 0 Å². The number of benzene rings is 4. The van der Waals surface area contributed by atoms with Crippen molar-refractivity contribution in [2.45, 2.75) is 25.2 Å². The van der Waals surface area contributed by atoms with E-state index in [1.807, 2.05) is 23.1 Å². The molecule has 4 aromatic carbocycles. The Morgan fingerprint density at radius 1 is 0.730 bits per heavy atom. The molecule has 6 rings (SSSR count). The quantitative estimate of drug-likeness (QED) is 0.207. The first-order valence-electron chi connectivity index (χ1n) is 12.9. The van der Waals surface area contributed by atoms with Crippen LogP contribution >= 0.6 is 23.1 Å². The molecule has 0 amide bonds. The fourth-order valence-electron chi connectivity index (χ4n) is 5.22. The number of hydrogen-bond acceptors (Lipinski definition) is 3. The molecule has 182 valence electrons. The molecule has 0 radical (unpaired) electrons. The Hall–Kier alpha value is -3.53. The maximum atomic E-state index is 2.42. The van der Waals surface area contributed by atoms with Crippen molar-refractivity contribution in [3.8, 4) is 0 Å². The lowest BCUT2D eigenvalue weighted by molar-refractivity contribution is 1.01. The summed E-state index contributed by atoms with van der Waals surface area (Å²) in [4.78, 5) is 5.12.